The molecule has 0 saturated heterocycles. The van der Waals surface area contributed by atoms with Crippen molar-refractivity contribution in [2.24, 2.45) is 16.5 Å². The molecule has 202 valence electrons. The fourth-order valence-electron chi connectivity index (χ4n) is 2.68. The van der Waals surface area contributed by atoms with Crippen molar-refractivity contribution in [1.29, 1.82) is 0 Å². The van der Waals surface area contributed by atoms with E-state index in [9.17, 15) is 21.6 Å². The summed E-state index contributed by atoms with van der Waals surface area (Å²) in [6.07, 6.45) is 1.43. The minimum atomic E-state index is -3.67. The molecule has 15 heteroatoms. The molecule has 13 nitrogen and oxygen atoms in total. The number of guanidine groups is 1. The third-order valence-corrected chi connectivity index (χ3v) is 3.88. The molecule has 6 N–H and O–H groups in total. The van der Waals surface area contributed by atoms with Crippen molar-refractivity contribution in [3.05, 3.63) is 60.2 Å². The Labute approximate surface area is 214 Å². The first-order chi connectivity index (χ1) is 17.1. The van der Waals surface area contributed by atoms with Gasteiger partial charge in [-0.2, -0.15) is 21.8 Å². The number of ether oxygens (including phenoxy) is 2. The Balaban J connectivity index is 0.000000583. The van der Waals surface area contributed by atoms with Crippen LogP contribution in [0.4, 0.5) is 0 Å². The van der Waals surface area contributed by atoms with Crippen LogP contribution in [0.25, 0.3) is 22.2 Å². The second kappa shape index (κ2) is 14.2. The molecule has 0 unspecified atom stereocenters. The van der Waals surface area contributed by atoms with Crippen LogP contribution in [-0.2, 0) is 25.0 Å². The van der Waals surface area contributed by atoms with E-state index in [1.165, 1.54) is 0 Å². The normalized spacial score (nSPS) is 10.8. The largest absolute Gasteiger partial charge is 0.489 e. The lowest BCUT2D eigenvalue weighted by molar-refractivity contribution is 0.100. The Kier molecular flexibility index (Phi) is 12.0. The third kappa shape index (κ3) is 13.3. The zero-order valence-electron chi connectivity index (χ0n) is 20.2. The number of hydrogen-bond acceptors (Lipinski definition) is 8. The number of methoxy groups -OCH3 is 1. The van der Waals surface area contributed by atoms with Crippen LogP contribution in [-0.4, -0.2) is 75.6 Å². The topological polar surface area (TPSA) is 222 Å². The Morgan fingerprint density at radius 2 is 1.51 bits per heavy atom. The molecule has 0 bridgehead atoms. The lowest BCUT2D eigenvalue weighted by Gasteiger charge is -2.12. The van der Waals surface area contributed by atoms with Gasteiger partial charge in [0.25, 0.3) is 26.1 Å². The molecule has 0 atom stereocenters. The summed E-state index contributed by atoms with van der Waals surface area (Å²) in [6, 6.07) is 16.6. The summed E-state index contributed by atoms with van der Waals surface area (Å²) in [6.45, 7) is 0.804. The van der Waals surface area contributed by atoms with Gasteiger partial charge in [-0.1, -0.05) is 42.5 Å². The van der Waals surface area contributed by atoms with Gasteiger partial charge in [0.05, 0.1) is 30.4 Å². The van der Waals surface area contributed by atoms with Gasteiger partial charge in [0.15, 0.2) is 5.96 Å². The van der Waals surface area contributed by atoms with Gasteiger partial charge in [0.2, 0.25) is 0 Å². The summed E-state index contributed by atoms with van der Waals surface area (Å²) in [5.41, 5.74) is 13.2. The van der Waals surface area contributed by atoms with E-state index in [-0.39, 0.29) is 5.96 Å². The van der Waals surface area contributed by atoms with E-state index in [2.05, 4.69) is 4.99 Å². The molecular formula is C22H28N4O9S2. The second-order valence-electron chi connectivity index (χ2n) is 7.22. The number of nitrogens with two attached hydrogens (primary N) is 2. The van der Waals surface area contributed by atoms with Crippen molar-refractivity contribution in [1.82, 2.24) is 4.98 Å². The van der Waals surface area contributed by atoms with E-state index in [0.29, 0.717) is 53.6 Å². The Hall–Kier alpha value is -3.63. The predicted octanol–water partition coefficient (Wildman–Crippen LogP) is 1.35. The SMILES string of the molecule is COCCOc1cccc2c(C(=O)N=C(N)N)cc(-c3ccccc3)nc12.CS(=O)(=O)O.CS(=O)(=O)O. The van der Waals surface area contributed by atoms with E-state index in [1.807, 2.05) is 30.3 Å². The van der Waals surface area contributed by atoms with E-state index >= 15 is 0 Å². The van der Waals surface area contributed by atoms with Crippen molar-refractivity contribution in [2.45, 2.75) is 0 Å². The highest BCUT2D eigenvalue weighted by atomic mass is 32.2. The summed E-state index contributed by atoms with van der Waals surface area (Å²) < 4.78 is 62.5. The first-order valence-corrected chi connectivity index (χ1v) is 13.9. The summed E-state index contributed by atoms with van der Waals surface area (Å²) in [5, 5.41) is 0.611. The second-order valence-corrected chi connectivity index (χ2v) is 10.2. The van der Waals surface area contributed by atoms with Gasteiger partial charge < -0.3 is 20.9 Å². The quantitative estimate of drug-likeness (QED) is 0.146. The van der Waals surface area contributed by atoms with Crippen LogP contribution in [0.5, 0.6) is 5.75 Å². The van der Waals surface area contributed by atoms with Gasteiger partial charge in [-0.05, 0) is 12.1 Å². The van der Waals surface area contributed by atoms with Crippen molar-refractivity contribution >= 4 is 43.0 Å². The van der Waals surface area contributed by atoms with Gasteiger partial charge >= 0.3 is 0 Å². The maximum Gasteiger partial charge on any atom is 0.280 e. The number of pyridine rings is 1. The number of nitrogens with zero attached hydrogens (tertiary/aromatic N) is 2. The maximum atomic E-state index is 12.6. The van der Waals surface area contributed by atoms with E-state index in [1.54, 1.807) is 31.4 Å². The zero-order valence-corrected chi connectivity index (χ0v) is 21.9. The van der Waals surface area contributed by atoms with Crippen molar-refractivity contribution in [3.63, 3.8) is 0 Å². The molecule has 0 aliphatic rings. The molecule has 0 radical (unpaired) electrons. The number of fused-ring (bicyclic) bond motifs is 1. The fraction of sp³-hybridized carbons (Fsp3) is 0.227. The molecule has 1 heterocycles. The lowest BCUT2D eigenvalue weighted by atomic mass is 10.0. The van der Waals surface area contributed by atoms with Crippen LogP contribution >= 0.6 is 0 Å². The van der Waals surface area contributed by atoms with Gasteiger partial charge in [0, 0.05) is 18.1 Å². The number of rotatable bonds is 6. The Bertz CT molecular complexity index is 1390. The number of hydrogen-bond donors (Lipinski definition) is 4. The van der Waals surface area contributed by atoms with E-state index in [4.69, 9.17) is 35.0 Å². The Morgan fingerprint density at radius 3 is 2.03 bits per heavy atom. The maximum absolute atomic E-state index is 12.6. The standard InChI is InChI=1S/C20H20N4O3.2CH4O3S/c1-26-10-11-27-17-9-5-8-14-15(19(25)24-20(21)22)12-16(23-18(14)17)13-6-3-2-4-7-13;2*1-5(2,3)4/h2-9,12H,10-11H2,1H3,(H4,21,22,24,25);2*1H3,(H,2,3,4). The van der Waals surface area contributed by atoms with Crippen LogP contribution in [0, 0.1) is 0 Å². The highest BCUT2D eigenvalue weighted by Crippen LogP contribution is 2.31. The molecule has 37 heavy (non-hydrogen) atoms. The number of aromatic nitrogens is 1. The summed E-state index contributed by atoms with van der Waals surface area (Å²) in [7, 11) is -5.73. The minimum absolute atomic E-state index is 0.293. The number of carbonyl (C=O) groups excluding carboxylic acids is 1. The van der Waals surface area contributed by atoms with Crippen LogP contribution in [0.3, 0.4) is 0 Å². The van der Waals surface area contributed by atoms with Crippen LogP contribution in [0.15, 0.2) is 59.6 Å². The fourth-order valence-corrected chi connectivity index (χ4v) is 2.68. The molecule has 3 aromatic rings. The van der Waals surface area contributed by atoms with E-state index in [0.717, 1.165) is 5.56 Å². The number of carbonyl (C=O) groups is 1. The van der Waals surface area contributed by atoms with Crippen LogP contribution < -0.4 is 16.2 Å². The molecule has 3 rings (SSSR count). The third-order valence-electron chi connectivity index (χ3n) is 3.88. The molecule has 0 aliphatic heterocycles. The van der Waals surface area contributed by atoms with Crippen molar-refractivity contribution in [2.75, 3.05) is 32.8 Å². The van der Waals surface area contributed by atoms with Crippen molar-refractivity contribution in [3.8, 4) is 17.0 Å². The van der Waals surface area contributed by atoms with E-state index < -0.39 is 26.1 Å². The number of aliphatic imine (C=N–C) groups is 1. The van der Waals surface area contributed by atoms with Crippen LogP contribution in [0.2, 0.25) is 0 Å². The summed E-state index contributed by atoms with van der Waals surface area (Å²) >= 11 is 0. The summed E-state index contributed by atoms with van der Waals surface area (Å²) in [5.74, 6) is -0.270. The minimum Gasteiger partial charge on any atom is -0.489 e. The number of benzene rings is 2. The molecule has 2 aromatic carbocycles. The van der Waals surface area contributed by atoms with Crippen molar-refractivity contribution < 1.29 is 40.2 Å². The number of para-hydroxylation sites is 1. The Morgan fingerprint density at radius 1 is 0.946 bits per heavy atom. The monoisotopic (exact) mass is 556 g/mol. The highest BCUT2D eigenvalue weighted by Gasteiger charge is 2.16. The molecular weight excluding hydrogens is 528 g/mol. The zero-order chi connectivity index (χ0) is 28.2. The molecule has 0 fully saturated rings. The molecule has 0 saturated carbocycles. The smallest absolute Gasteiger partial charge is 0.280 e. The molecule has 1 amide bonds. The van der Waals surface area contributed by atoms with Gasteiger partial charge in [-0.25, -0.2) is 4.98 Å². The first kappa shape index (κ1) is 31.4. The van der Waals surface area contributed by atoms with Gasteiger partial charge in [0.1, 0.15) is 17.9 Å². The molecule has 0 spiro atoms. The molecule has 1 aromatic heterocycles. The predicted molar refractivity (Wildman–Crippen MR) is 140 cm³/mol. The average Bonchev–Trinajstić information content (AvgIpc) is 2.76. The lowest BCUT2D eigenvalue weighted by Crippen LogP contribution is -2.24. The highest BCUT2D eigenvalue weighted by molar-refractivity contribution is 7.85. The first-order valence-electron chi connectivity index (χ1n) is 10.2. The molecule has 0 aliphatic carbocycles. The number of amides is 1. The van der Waals surface area contributed by atoms with Crippen LogP contribution in [0.1, 0.15) is 10.4 Å². The van der Waals surface area contributed by atoms with Gasteiger partial charge in [-0.3, -0.25) is 13.9 Å². The average molecular weight is 557 g/mol. The summed E-state index contributed by atoms with van der Waals surface area (Å²) in [4.78, 5) is 21.0. The van der Waals surface area contributed by atoms with Gasteiger partial charge in [-0.15, -0.1) is 0 Å².